The first-order chi connectivity index (χ1) is 13.2. The van der Waals surface area contributed by atoms with Gasteiger partial charge in [-0.1, -0.05) is 81.6 Å². The van der Waals surface area contributed by atoms with Crippen molar-refractivity contribution < 1.29 is 0 Å². The summed E-state index contributed by atoms with van der Waals surface area (Å²) in [5.74, 6) is 3.48. The van der Waals surface area contributed by atoms with Gasteiger partial charge in [-0.15, -0.1) is 0 Å². The smallest absolute Gasteiger partial charge is 0.0162 e. The normalized spacial score (nSPS) is 28.8. The van der Waals surface area contributed by atoms with E-state index in [9.17, 15) is 0 Å². The van der Waals surface area contributed by atoms with Crippen LogP contribution in [0.3, 0.4) is 0 Å². The number of benzene rings is 2. The van der Waals surface area contributed by atoms with E-state index in [1.54, 1.807) is 11.1 Å². The molecule has 0 bridgehead atoms. The monoisotopic (exact) mass is 360 g/mol. The van der Waals surface area contributed by atoms with Crippen LogP contribution < -0.4 is 0 Å². The third-order valence-electron chi connectivity index (χ3n) is 7.54. The third-order valence-corrected chi connectivity index (χ3v) is 7.54. The van der Waals surface area contributed by atoms with E-state index in [-0.39, 0.29) is 0 Å². The fraction of sp³-hybridized carbons (Fsp3) is 0.556. The van der Waals surface area contributed by atoms with Crippen molar-refractivity contribution in [2.75, 3.05) is 0 Å². The lowest BCUT2D eigenvalue weighted by Crippen LogP contribution is -2.12. The van der Waals surface area contributed by atoms with Crippen LogP contribution in [0.1, 0.15) is 94.6 Å². The highest BCUT2D eigenvalue weighted by atomic mass is 14.3. The maximum absolute atomic E-state index is 2.40. The summed E-state index contributed by atoms with van der Waals surface area (Å²) in [6.07, 6.45) is 12.5. The van der Waals surface area contributed by atoms with Gasteiger partial charge in [-0.25, -0.2) is 0 Å². The van der Waals surface area contributed by atoms with Gasteiger partial charge >= 0.3 is 0 Å². The fourth-order valence-electron chi connectivity index (χ4n) is 5.39. The molecule has 2 aliphatic carbocycles. The molecule has 0 N–H and O–H groups in total. The van der Waals surface area contributed by atoms with Gasteiger partial charge in [-0.05, 0) is 84.5 Å². The number of hydrogen-bond donors (Lipinski definition) is 0. The predicted octanol–water partition coefficient (Wildman–Crippen LogP) is 8.33. The Hall–Kier alpha value is -1.56. The Balaban J connectivity index is 1.40. The zero-order chi connectivity index (χ0) is 18.6. The minimum absolute atomic E-state index is 0.788. The van der Waals surface area contributed by atoms with Crippen LogP contribution in [-0.2, 0) is 0 Å². The second kappa shape index (κ2) is 8.63. The highest BCUT2D eigenvalue weighted by molar-refractivity contribution is 5.64. The molecule has 0 heterocycles. The van der Waals surface area contributed by atoms with E-state index in [2.05, 4.69) is 62.4 Å². The van der Waals surface area contributed by atoms with E-state index in [0.29, 0.717) is 0 Å². The molecule has 144 valence electrons. The van der Waals surface area contributed by atoms with Crippen molar-refractivity contribution >= 4 is 0 Å². The van der Waals surface area contributed by atoms with E-state index >= 15 is 0 Å². The Morgan fingerprint density at radius 2 is 1.00 bits per heavy atom. The van der Waals surface area contributed by atoms with Gasteiger partial charge in [0, 0.05) is 0 Å². The lowest BCUT2D eigenvalue weighted by atomic mass is 9.77. The Labute approximate surface area is 166 Å². The van der Waals surface area contributed by atoms with Crippen LogP contribution in [0.15, 0.2) is 48.5 Å². The summed E-state index contributed by atoms with van der Waals surface area (Å²) in [7, 11) is 0. The van der Waals surface area contributed by atoms with Gasteiger partial charge in [0.15, 0.2) is 0 Å². The molecule has 0 saturated heterocycles. The Bertz CT molecular complexity index is 693. The van der Waals surface area contributed by atoms with Crippen LogP contribution >= 0.6 is 0 Å². The Kier molecular flexibility index (Phi) is 6.01. The predicted molar refractivity (Wildman–Crippen MR) is 117 cm³/mol. The minimum Gasteiger partial charge on any atom is -0.0651 e. The highest BCUT2D eigenvalue weighted by Gasteiger charge is 2.21. The SMILES string of the molecule is CCC1CCC(c2ccc(-c3ccc(C4CCC(C)CC4)cc3)cc2)CC1. The van der Waals surface area contributed by atoms with Crippen molar-refractivity contribution in [3.05, 3.63) is 59.7 Å². The third kappa shape index (κ3) is 4.48. The first-order valence-electron chi connectivity index (χ1n) is 11.4. The topological polar surface area (TPSA) is 0 Å². The second-order valence-corrected chi connectivity index (χ2v) is 9.33. The molecule has 0 unspecified atom stereocenters. The summed E-state index contributed by atoms with van der Waals surface area (Å²) in [4.78, 5) is 0. The molecule has 2 aromatic carbocycles. The van der Waals surface area contributed by atoms with E-state index < -0.39 is 0 Å². The molecule has 0 atom stereocenters. The van der Waals surface area contributed by atoms with Crippen LogP contribution in [0.2, 0.25) is 0 Å². The first kappa shape index (κ1) is 18.8. The molecule has 2 aromatic rings. The van der Waals surface area contributed by atoms with Gasteiger partial charge < -0.3 is 0 Å². The fourth-order valence-corrected chi connectivity index (χ4v) is 5.39. The molecular formula is C27H36. The summed E-state index contributed by atoms with van der Waals surface area (Å²) in [6, 6.07) is 18.9. The van der Waals surface area contributed by atoms with Crippen molar-refractivity contribution in [1.82, 2.24) is 0 Å². The van der Waals surface area contributed by atoms with Crippen LogP contribution in [0.4, 0.5) is 0 Å². The standard InChI is InChI=1S/C27H36/c1-3-21-6-10-23(11-7-21)25-14-18-27(19-15-25)26-16-12-24(13-17-26)22-8-4-20(2)5-9-22/h12-23H,3-11H2,1-2H3. The zero-order valence-corrected chi connectivity index (χ0v) is 17.3. The molecular weight excluding hydrogens is 324 g/mol. The Morgan fingerprint density at radius 3 is 1.41 bits per heavy atom. The van der Waals surface area contributed by atoms with Crippen LogP contribution in [0.25, 0.3) is 11.1 Å². The quantitative estimate of drug-likeness (QED) is 0.514. The van der Waals surface area contributed by atoms with E-state index in [0.717, 1.165) is 23.7 Å². The van der Waals surface area contributed by atoms with E-state index in [1.165, 1.54) is 68.9 Å². The average Bonchev–Trinajstić information content (AvgIpc) is 2.75. The second-order valence-electron chi connectivity index (χ2n) is 9.33. The number of hydrogen-bond acceptors (Lipinski definition) is 0. The summed E-state index contributed by atoms with van der Waals surface area (Å²) < 4.78 is 0. The van der Waals surface area contributed by atoms with Crippen molar-refractivity contribution in [1.29, 1.82) is 0 Å². The lowest BCUT2D eigenvalue weighted by molar-refractivity contribution is 0.319. The molecule has 0 aromatic heterocycles. The van der Waals surface area contributed by atoms with Gasteiger partial charge in [0.2, 0.25) is 0 Å². The first-order valence-corrected chi connectivity index (χ1v) is 11.4. The van der Waals surface area contributed by atoms with Crippen molar-refractivity contribution in [2.45, 2.75) is 83.5 Å². The molecule has 2 saturated carbocycles. The van der Waals surface area contributed by atoms with Gasteiger partial charge in [0.05, 0.1) is 0 Å². The zero-order valence-electron chi connectivity index (χ0n) is 17.3. The summed E-state index contributed by atoms with van der Waals surface area (Å²) in [5, 5.41) is 0. The molecule has 2 aliphatic rings. The van der Waals surface area contributed by atoms with Gasteiger partial charge in [0.1, 0.15) is 0 Å². The maximum Gasteiger partial charge on any atom is -0.0162 e. The van der Waals surface area contributed by atoms with Crippen molar-refractivity contribution in [3.8, 4) is 11.1 Å². The summed E-state index contributed by atoms with van der Waals surface area (Å²) in [5.41, 5.74) is 5.84. The minimum atomic E-state index is 0.788. The molecule has 0 spiro atoms. The van der Waals surface area contributed by atoms with Gasteiger partial charge in [-0.3, -0.25) is 0 Å². The van der Waals surface area contributed by atoms with Gasteiger partial charge in [-0.2, -0.15) is 0 Å². The summed E-state index contributed by atoms with van der Waals surface area (Å²) in [6.45, 7) is 4.75. The largest absolute Gasteiger partial charge is 0.0651 e. The van der Waals surface area contributed by atoms with Crippen LogP contribution in [0.5, 0.6) is 0 Å². The molecule has 27 heavy (non-hydrogen) atoms. The molecule has 0 nitrogen and oxygen atoms in total. The molecule has 0 heteroatoms. The number of rotatable bonds is 4. The van der Waals surface area contributed by atoms with E-state index in [1.807, 2.05) is 0 Å². The molecule has 2 fully saturated rings. The Morgan fingerprint density at radius 1 is 0.593 bits per heavy atom. The average molecular weight is 361 g/mol. The molecule has 0 aliphatic heterocycles. The van der Waals surface area contributed by atoms with Crippen LogP contribution in [-0.4, -0.2) is 0 Å². The van der Waals surface area contributed by atoms with Crippen molar-refractivity contribution in [3.63, 3.8) is 0 Å². The summed E-state index contributed by atoms with van der Waals surface area (Å²) >= 11 is 0. The van der Waals surface area contributed by atoms with E-state index in [4.69, 9.17) is 0 Å². The van der Waals surface area contributed by atoms with Gasteiger partial charge in [0.25, 0.3) is 0 Å². The van der Waals surface area contributed by atoms with Crippen LogP contribution in [0, 0.1) is 11.8 Å². The molecule has 4 rings (SSSR count). The molecule has 0 amide bonds. The van der Waals surface area contributed by atoms with Crippen molar-refractivity contribution in [2.24, 2.45) is 11.8 Å². The highest BCUT2D eigenvalue weighted by Crippen LogP contribution is 2.38. The lowest BCUT2D eigenvalue weighted by Gasteiger charge is -2.28. The maximum atomic E-state index is 2.40. The molecule has 0 radical (unpaired) electrons.